The average Bonchev–Trinajstić information content (AvgIpc) is 2.56. The van der Waals surface area contributed by atoms with E-state index in [4.69, 9.17) is 0 Å². The normalized spacial score (nSPS) is 16.3. The van der Waals surface area contributed by atoms with Crippen LogP contribution in [-0.2, 0) is 16.8 Å². The van der Waals surface area contributed by atoms with Crippen LogP contribution in [0.1, 0.15) is 12.0 Å². The predicted molar refractivity (Wildman–Crippen MR) is 100 cm³/mol. The van der Waals surface area contributed by atoms with Gasteiger partial charge in [-0.1, -0.05) is 36.4 Å². The lowest BCUT2D eigenvalue weighted by Gasteiger charge is -2.37. The number of para-hydroxylation sites is 2. The van der Waals surface area contributed by atoms with Crippen molar-refractivity contribution in [3.8, 4) is 0 Å². The van der Waals surface area contributed by atoms with Crippen LogP contribution in [0, 0.1) is 0 Å². The number of halogens is 1. The van der Waals surface area contributed by atoms with Gasteiger partial charge in [0.25, 0.3) is 0 Å². The van der Waals surface area contributed by atoms with Crippen LogP contribution in [0.4, 0.5) is 11.4 Å². The standard InChI is InChI=1S/C17H21N3O2S.ClH/c1-18-12-7-13-19-14-15-8-5-6-11-17(15)20(23(19,21)22)16-9-3-2-4-10-16;/h2-6,8-11,18H,7,12-14H2,1H3;1H. The summed E-state index contributed by atoms with van der Waals surface area (Å²) in [6, 6.07) is 16.9. The van der Waals surface area contributed by atoms with Crippen molar-refractivity contribution in [2.75, 3.05) is 24.4 Å². The molecule has 0 amide bonds. The first-order chi connectivity index (χ1) is 11.1. The smallest absolute Gasteiger partial charge is 0.308 e. The van der Waals surface area contributed by atoms with Gasteiger partial charge in [0.2, 0.25) is 0 Å². The maximum absolute atomic E-state index is 13.1. The molecule has 130 valence electrons. The van der Waals surface area contributed by atoms with Gasteiger partial charge in [-0.2, -0.15) is 12.7 Å². The SMILES string of the molecule is CNCCCN1Cc2ccccc2N(c2ccccc2)S1(=O)=O.Cl. The summed E-state index contributed by atoms with van der Waals surface area (Å²) in [5, 5.41) is 3.06. The number of fused-ring (bicyclic) bond motifs is 1. The Hall–Kier alpha value is -1.60. The molecule has 0 saturated heterocycles. The molecule has 0 saturated carbocycles. The first kappa shape index (κ1) is 18.7. The molecule has 1 aliphatic heterocycles. The van der Waals surface area contributed by atoms with E-state index in [0.29, 0.717) is 18.8 Å². The van der Waals surface area contributed by atoms with E-state index in [1.807, 2.05) is 61.6 Å². The fraction of sp³-hybridized carbons (Fsp3) is 0.294. The predicted octanol–water partition coefficient (Wildman–Crippen LogP) is 2.92. The Morgan fingerprint density at radius 3 is 2.42 bits per heavy atom. The highest BCUT2D eigenvalue weighted by Crippen LogP contribution is 2.37. The van der Waals surface area contributed by atoms with Gasteiger partial charge >= 0.3 is 10.2 Å². The number of hydrogen-bond acceptors (Lipinski definition) is 3. The Bertz CT molecular complexity index is 768. The molecular weight excluding hydrogens is 346 g/mol. The van der Waals surface area contributed by atoms with Crippen molar-refractivity contribution >= 4 is 34.0 Å². The minimum absolute atomic E-state index is 0. The summed E-state index contributed by atoms with van der Waals surface area (Å²) >= 11 is 0. The van der Waals surface area contributed by atoms with Crippen molar-refractivity contribution in [1.29, 1.82) is 0 Å². The van der Waals surface area contributed by atoms with E-state index in [2.05, 4.69) is 5.32 Å². The van der Waals surface area contributed by atoms with Crippen LogP contribution in [-0.4, -0.2) is 32.9 Å². The van der Waals surface area contributed by atoms with Gasteiger partial charge in [0.05, 0.1) is 11.4 Å². The Morgan fingerprint density at radius 1 is 1.04 bits per heavy atom. The number of benzene rings is 2. The third-order valence-corrected chi connectivity index (χ3v) is 5.77. The van der Waals surface area contributed by atoms with Crippen LogP contribution in [0.2, 0.25) is 0 Å². The van der Waals surface area contributed by atoms with Crippen molar-refractivity contribution in [2.24, 2.45) is 0 Å². The minimum Gasteiger partial charge on any atom is -0.320 e. The van der Waals surface area contributed by atoms with Gasteiger partial charge in [-0.3, -0.25) is 0 Å². The number of hydrogen-bond donors (Lipinski definition) is 1. The van der Waals surface area contributed by atoms with Gasteiger partial charge in [-0.15, -0.1) is 12.4 Å². The third kappa shape index (κ3) is 3.57. The Balaban J connectivity index is 0.00000208. The Kier molecular flexibility index (Phi) is 6.23. The average molecular weight is 368 g/mol. The van der Waals surface area contributed by atoms with Gasteiger partial charge in [0, 0.05) is 13.1 Å². The molecule has 1 aliphatic rings. The fourth-order valence-electron chi connectivity index (χ4n) is 2.82. The molecule has 24 heavy (non-hydrogen) atoms. The lowest BCUT2D eigenvalue weighted by Crippen LogP contribution is -2.46. The lowest BCUT2D eigenvalue weighted by atomic mass is 10.1. The van der Waals surface area contributed by atoms with Crippen molar-refractivity contribution in [3.63, 3.8) is 0 Å². The largest absolute Gasteiger partial charge is 0.320 e. The molecule has 5 nitrogen and oxygen atoms in total. The van der Waals surface area contributed by atoms with Gasteiger partial charge in [0.15, 0.2) is 0 Å². The quantitative estimate of drug-likeness (QED) is 0.827. The molecule has 0 aliphatic carbocycles. The van der Waals surface area contributed by atoms with Crippen molar-refractivity contribution in [2.45, 2.75) is 13.0 Å². The van der Waals surface area contributed by atoms with E-state index >= 15 is 0 Å². The number of nitrogens with zero attached hydrogens (tertiary/aromatic N) is 2. The summed E-state index contributed by atoms with van der Waals surface area (Å²) < 4.78 is 29.2. The summed E-state index contributed by atoms with van der Waals surface area (Å²) in [6.07, 6.45) is 0.778. The van der Waals surface area contributed by atoms with E-state index in [1.54, 1.807) is 4.31 Å². The van der Waals surface area contributed by atoms with Gasteiger partial charge in [-0.05, 0) is 43.8 Å². The first-order valence-electron chi connectivity index (χ1n) is 7.72. The summed E-state index contributed by atoms with van der Waals surface area (Å²) in [5.74, 6) is 0. The second kappa shape index (κ2) is 7.98. The Labute approximate surface area is 149 Å². The molecule has 7 heteroatoms. The zero-order chi connectivity index (χ0) is 16.3. The third-order valence-electron chi connectivity index (χ3n) is 3.94. The Morgan fingerprint density at radius 2 is 1.71 bits per heavy atom. The van der Waals surface area contributed by atoms with Crippen molar-refractivity contribution in [3.05, 3.63) is 60.2 Å². The van der Waals surface area contributed by atoms with Crippen molar-refractivity contribution < 1.29 is 8.42 Å². The zero-order valence-electron chi connectivity index (χ0n) is 13.6. The molecule has 0 aromatic heterocycles. The number of anilines is 2. The van der Waals surface area contributed by atoms with E-state index in [0.717, 1.165) is 24.2 Å². The summed E-state index contributed by atoms with van der Waals surface area (Å²) in [6.45, 7) is 1.71. The maximum atomic E-state index is 13.1. The molecule has 0 spiro atoms. The highest BCUT2D eigenvalue weighted by Gasteiger charge is 2.36. The monoisotopic (exact) mass is 367 g/mol. The molecule has 0 unspecified atom stereocenters. The highest BCUT2D eigenvalue weighted by atomic mass is 35.5. The summed E-state index contributed by atoms with van der Waals surface area (Å²) in [4.78, 5) is 0. The van der Waals surface area contributed by atoms with Crippen LogP contribution in [0.3, 0.4) is 0 Å². The number of nitrogens with one attached hydrogen (secondary N) is 1. The van der Waals surface area contributed by atoms with E-state index in [-0.39, 0.29) is 12.4 Å². The van der Waals surface area contributed by atoms with Crippen LogP contribution in [0.5, 0.6) is 0 Å². The molecular formula is C17H22ClN3O2S. The van der Waals surface area contributed by atoms with E-state index in [1.165, 1.54) is 4.31 Å². The molecule has 3 rings (SSSR count). The van der Waals surface area contributed by atoms with E-state index in [9.17, 15) is 8.42 Å². The van der Waals surface area contributed by atoms with Crippen LogP contribution in [0.15, 0.2) is 54.6 Å². The first-order valence-corrected chi connectivity index (χ1v) is 9.12. The van der Waals surface area contributed by atoms with Gasteiger partial charge in [-0.25, -0.2) is 4.31 Å². The lowest BCUT2D eigenvalue weighted by molar-refractivity contribution is 0.392. The minimum atomic E-state index is -3.57. The van der Waals surface area contributed by atoms with E-state index < -0.39 is 10.2 Å². The molecule has 0 atom stereocenters. The van der Waals surface area contributed by atoms with Crippen molar-refractivity contribution in [1.82, 2.24) is 9.62 Å². The summed E-state index contributed by atoms with van der Waals surface area (Å²) in [7, 11) is -1.70. The zero-order valence-corrected chi connectivity index (χ0v) is 15.2. The second-order valence-electron chi connectivity index (χ2n) is 5.53. The summed E-state index contributed by atoms with van der Waals surface area (Å²) in [5.41, 5.74) is 2.43. The van der Waals surface area contributed by atoms with Gasteiger partial charge in [0.1, 0.15) is 0 Å². The number of rotatable bonds is 5. The van der Waals surface area contributed by atoms with Crippen LogP contribution >= 0.6 is 12.4 Å². The topological polar surface area (TPSA) is 52.6 Å². The molecule has 0 fully saturated rings. The fourth-order valence-corrected chi connectivity index (χ4v) is 4.52. The van der Waals surface area contributed by atoms with Crippen LogP contribution in [0.25, 0.3) is 0 Å². The molecule has 0 radical (unpaired) electrons. The van der Waals surface area contributed by atoms with Gasteiger partial charge < -0.3 is 5.32 Å². The van der Waals surface area contributed by atoms with Crippen LogP contribution < -0.4 is 9.62 Å². The molecule has 1 N–H and O–H groups in total. The molecule has 2 aromatic carbocycles. The second-order valence-corrected chi connectivity index (χ2v) is 7.30. The highest BCUT2D eigenvalue weighted by molar-refractivity contribution is 7.90. The molecule has 2 aromatic rings. The molecule has 0 bridgehead atoms. The maximum Gasteiger partial charge on any atom is 0.308 e. The molecule has 1 heterocycles.